The number of fused-ring (bicyclic) bond motifs is 1. The fourth-order valence-corrected chi connectivity index (χ4v) is 5.36. The highest BCUT2D eigenvalue weighted by Gasteiger charge is 2.27. The predicted molar refractivity (Wildman–Crippen MR) is 135 cm³/mol. The van der Waals surface area contributed by atoms with Crippen LogP contribution in [0.3, 0.4) is 0 Å². The van der Waals surface area contributed by atoms with Crippen LogP contribution in [0.15, 0.2) is 30.5 Å². The van der Waals surface area contributed by atoms with Gasteiger partial charge in [-0.3, -0.25) is 4.79 Å². The van der Waals surface area contributed by atoms with Crippen molar-refractivity contribution < 1.29 is 28.2 Å². The SMILES string of the molecule is COc1ccc(CCCC(C)(F)F)c(N2CCC(COc3cc4c(cn3)CCC4CC(=O)O)CC2)c1. The van der Waals surface area contributed by atoms with E-state index in [2.05, 4.69) is 9.88 Å². The van der Waals surface area contributed by atoms with Gasteiger partial charge in [-0.1, -0.05) is 6.07 Å². The molecule has 2 heterocycles. The molecule has 1 atom stereocenters. The van der Waals surface area contributed by atoms with Crippen molar-refractivity contribution in [2.24, 2.45) is 5.92 Å². The number of hydrogen-bond acceptors (Lipinski definition) is 5. The third-order valence-corrected chi connectivity index (χ3v) is 7.40. The van der Waals surface area contributed by atoms with E-state index in [4.69, 9.17) is 9.47 Å². The number of carbonyl (C=O) groups is 1. The van der Waals surface area contributed by atoms with Gasteiger partial charge in [-0.15, -0.1) is 0 Å². The van der Waals surface area contributed by atoms with E-state index in [1.54, 1.807) is 7.11 Å². The second kappa shape index (κ2) is 11.4. The molecule has 0 radical (unpaired) electrons. The molecule has 0 spiro atoms. The highest BCUT2D eigenvalue weighted by molar-refractivity contribution is 5.68. The van der Waals surface area contributed by atoms with Crippen molar-refractivity contribution >= 4 is 11.7 Å². The molecular weight excluding hydrogens is 466 g/mol. The lowest BCUT2D eigenvalue weighted by Gasteiger charge is -2.35. The molecule has 0 amide bonds. The maximum absolute atomic E-state index is 13.3. The first-order valence-electron chi connectivity index (χ1n) is 12.8. The van der Waals surface area contributed by atoms with Gasteiger partial charge in [0.25, 0.3) is 0 Å². The summed E-state index contributed by atoms with van der Waals surface area (Å²) in [6.45, 7) is 3.26. The van der Waals surface area contributed by atoms with Crippen LogP contribution in [0.4, 0.5) is 14.5 Å². The molecule has 1 aliphatic carbocycles. The molecule has 1 aliphatic heterocycles. The second-order valence-electron chi connectivity index (χ2n) is 10.2. The summed E-state index contributed by atoms with van der Waals surface area (Å²) in [6.07, 6.45) is 6.52. The van der Waals surface area contributed by atoms with Gasteiger partial charge in [-0.05, 0) is 80.0 Å². The van der Waals surface area contributed by atoms with E-state index in [9.17, 15) is 18.7 Å². The monoisotopic (exact) mass is 502 g/mol. The summed E-state index contributed by atoms with van der Waals surface area (Å²) < 4.78 is 38.1. The molecule has 0 bridgehead atoms. The van der Waals surface area contributed by atoms with E-state index < -0.39 is 11.9 Å². The van der Waals surface area contributed by atoms with Crippen LogP contribution in [0.25, 0.3) is 0 Å². The first-order valence-corrected chi connectivity index (χ1v) is 12.8. The van der Waals surface area contributed by atoms with E-state index in [0.29, 0.717) is 31.2 Å². The topological polar surface area (TPSA) is 71.9 Å². The number of piperidine rings is 1. The maximum atomic E-state index is 13.3. The Morgan fingerprint density at radius 1 is 1.22 bits per heavy atom. The number of anilines is 1. The molecule has 8 heteroatoms. The van der Waals surface area contributed by atoms with Crippen molar-refractivity contribution in [3.63, 3.8) is 0 Å². The number of methoxy groups -OCH3 is 1. The lowest BCUT2D eigenvalue weighted by Crippen LogP contribution is -2.36. The molecule has 1 aromatic carbocycles. The Kier molecular flexibility index (Phi) is 8.32. The number of pyridine rings is 1. The van der Waals surface area contributed by atoms with Gasteiger partial charge in [0.05, 0.1) is 20.1 Å². The molecule has 1 N–H and O–H groups in total. The molecule has 0 saturated carbocycles. The average Bonchev–Trinajstić information content (AvgIpc) is 3.24. The molecule has 1 fully saturated rings. The smallest absolute Gasteiger partial charge is 0.303 e. The summed E-state index contributed by atoms with van der Waals surface area (Å²) in [5, 5.41) is 9.18. The van der Waals surface area contributed by atoms with Crippen LogP contribution in [-0.4, -0.2) is 48.8 Å². The van der Waals surface area contributed by atoms with Crippen LogP contribution in [0.1, 0.15) is 68.1 Å². The molecular formula is C28H36F2N2O4. The number of ether oxygens (including phenoxy) is 2. The number of halogens is 2. The lowest BCUT2D eigenvalue weighted by molar-refractivity contribution is -0.137. The Balaban J connectivity index is 1.32. The molecule has 1 saturated heterocycles. The predicted octanol–water partition coefficient (Wildman–Crippen LogP) is 5.87. The fourth-order valence-electron chi connectivity index (χ4n) is 5.36. The van der Waals surface area contributed by atoms with Gasteiger partial charge in [0.15, 0.2) is 0 Å². The highest BCUT2D eigenvalue weighted by atomic mass is 19.3. The molecule has 1 unspecified atom stereocenters. The minimum absolute atomic E-state index is 0.0340. The zero-order valence-corrected chi connectivity index (χ0v) is 21.1. The van der Waals surface area contributed by atoms with E-state index in [-0.39, 0.29) is 18.8 Å². The van der Waals surface area contributed by atoms with Gasteiger partial charge in [-0.25, -0.2) is 13.8 Å². The third kappa shape index (κ3) is 6.86. The first-order chi connectivity index (χ1) is 17.2. The zero-order valence-electron chi connectivity index (χ0n) is 21.1. The Labute approximate surface area is 211 Å². The number of alkyl halides is 2. The van der Waals surface area contributed by atoms with Crippen LogP contribution in [0, 0.1) is 5.92 Å². The maximum Gasteiger partial charge on any atom is 0.303 e. The molecule has 2 aliphatic rings. The van der Waals surface area contributed by atoms with Crippen LogP contribution < -0.4 is 14.4 Å². The largest absolute Gasteiger partial charge is 0.497 e. The number of hydrogen-bond donors (Lipinski definition) is 1. The van der Waals surface area contributed by atoms with Crippen molar-refractivity contribution in [3.05, 3.63) is 47.2 Å². The number of carboxylic acids is 1. The Morgan fingerprint density at radius 2 is 2.00 bits per heavy atom. The lowest BCUT2D eigenvalue weighted by atomic mass is 9.95. The van der Waals surface area contributed by atoms with Gasteiger partial charge >= 0.3 is 5.97 Å². The van der Waals surface area contributed by atoms with Gasteiger partial charge in [-0.2, -0.15) is 0 Å². The van der Waals surface area contributed by atoms with Crippen molar-refractivity contribution in [1.29, 1.82) is 0 Å². The molecule has 6 nitrogen and oxygen atoms in total. The normalized spacial score (nSPS) is 18.2. The summed E-state index contributed by atoms with van der Waals surface area (Å²) in [5.74, 6) is -1.66. The van der Waals surface area contributed by atoms with Crippen LogP contribution >= 0.6 is 0 Å². The van der Waals surface area contributed by atoms with E-state index in [1.165, 1.54) is 0 Å². The number of nitrogens with zero attached hydrogens (tertiary/aromatic N) is 2. The third-order valence-electron chi connectivity index (χ3n) is 7.40. The number of aliphatic carboxylic acids is 1. The van der Waals surface area contributed by atoms with E-state index in [0.717, 1.165) is 73.8 Å². The van der Waals surface area contributed by atoms with Crippen LogP contribution in [-0.2, 0) is 17.6 Å². The quantitative estimate of drug-likeness (QED) is 0.415. The molecule has 4 rings (SSSR count). The highest BCUT2D eigenvalue weighted by Crippen LogP contribution is 2.37. The summed E-state index contributed by atoms with van der Waals surface area (Å²) in [6, 6.07) is 7.83. The minimum Gasteiger partial charge on any atom is -0.497 e. The summed E-state index contributed by atoms with van der Waals surface area (Å²) in [4.78, 5) is 17.9. The number of aromatic nitrogens is 1. The van der Waals surface area contributed by atoms with Gasteiger partial charge in [0.2, 0.25) is 11.8 Å². The molecule has 1 aromatic heterocycles. The number of rotatable bonds is 11. The standard InChI is InChI=1S/C28H36F2N2O4/c1-28(29,30)11-3-4-20-7-8-23(35-2)15-25(20)32-12-9-19(10-13-32)18-36-26-16-24-21(14-27(33)34)5-6-22(24)17-31-26/h7-8,15-17,19,21H,3-6,9-14,18H2,1-2H3,(H,33,34). The van der Waals surface area contributed by atoms with Crippen LogP contribution in [0.2, 0.25) is 0 Å². The minimum atomic E-state index is -2.64. The second-order valence-corrected chi connectivity index (χ2v) is 10.2. The number of benzene rings is 1. The van der Waals surface area contributed by atoms with Gasteiger partial charge in [0, 0.05) is 43.5 Å². The van der Waals surface area contributed by atoms with Crippen molar-refractivity contribution in [3.8, 4) is 11.6 Å². The zero-order chi connectivity index (χ0) is 25.7. The fraction of sp³-hybridized carbons (Fsp3) is 0.571. The van der Waals surface area contributed by atoms with Crippen molar-refractivity contribution in [2.45, 2.75) is 70.1 Å². The van der Waals surface area contributed by atoms with E-state index >= 15 is 0 Å². The molecule has 36 heavy (non-hydrogen) atoms. The van der Waals surface area contributed by atoms with Gasteiger partial charge in [0.1, 0.15) is 5.75 Å². The number of aryl methyl sites for hydroxylation is 2. The van der Waals surface area contributed by atoms with Gasteiger partial charge < -0.3 is 19.5 Å². The van der Waals surface area contributed by atoms with Crippen molar-refractivity contribution in [1.82, 2.24) is 4.98 Å². The Bertz CT molecular complexity index is 1050. The van der Waals surface area contributed by atoms with Crippen LogP contribution in [0.5, 0.6) is 11.6 Å². The summed E-state index contributed by atoms with van der Waals surface area (Å²) in [7, 11) is 1.64. The molecule has 196 valence electrons. The van der Waals surface area contributed by atoms with E-state index in [1.807, 2.05) is 30.5 Å². The Morgan fingerprint density at radius 3 is 2.69 bits per heavy atom. The summed E-state index contributed by atoms with van der Waals surface area (Å²) >= 11 is 0. The number of carboxylic acid groups (broad SMARTS) is 1. The average molecular weight is 503 g/mol. The van der Waals surface area contributed by atoms with Crippen molar-refractivity contribution in [2.75, 3.05) is 31.7 Å². The summed E-state index contributed by atoms with van der Waals surface area (Å²) in [5.41, 5.74) is 4.33. The Hall–Kier alpha value is -2.90. The first kappa shape index (κ1) is 26.2. The molecule has 2 aromatic rings.